The number of carbonyl (C=O) groups is 2. The van der Waals surface area contributed by atoms with Gasteiger partial charge in [-0.25, -0.2) is 0 Å². The highest BCUT2D eigenvalue weighted by molar-refractivity contribution is 5.98. The summed E-state index contributed by atoms with van der Waals surface area (Å²) in [6, 6.07) is 15.6. The zero-order valence-electron chi connectivity index (χ0n) is 18.6. The molecule has 0 aliphatic heterocycles. The molecule has 0 radical (unpaired) electrons. The van der Waals surface area contributed by atoms with Crippen LogP contribution in [0.2, 0.25) is 0 Å². The Balaban J connectivity index is 2.00. The van der Waals surface area contributed by atoms with Crippen LogP contribution in [0.5, 0.6) is 11.5 Å². The van der Waals surface area contributed by atoms with Gasteiger partial charge in [0, 0.05) is 5.92 Å². The Bertz CT molecular complexity index is 871. The van der Waals surface area contributed by atoms with E-state index in [1.807, 2.05) is 48.5 Å². The highest BCUT2D eigenvalue weighted by atomic mass is 16.5. The molecule has 5 nitrogen and oxygen atoms in total. The monoisotopic (exact) mass is 424 g/mol. The average Bonchev–Trinajstić information content (AvgIpc) is 3.27. The first-order chi connectivity index (χ1) is 15.0. The summed E-state index contributed by atoms with van der Waals surface area (Å²) in [5.41, 5.74) is 1.92. The van der Waals surface area contributed by atoms with Gasteiger partial charge in [-0.3, -0.25) is 9.59 Å². The van der Waals surface area contributed by atoms with Gasteiger partial charge in [0.15, 0.2) is 11.5 Å². The molecular weight excluding hydrogens is 392 g/mol. The molecule has 1 saturated carbocycles. The molecule has 2 unspecified atom stereocenters. The minimum Gasteiger partial charge on any atom is -0.493 e. The first-order valence-electron chi connectivity index (χ1n) is 11.1. The Hall–Kier alpha value is -2.82. The molecule has 0 saturated heterocycles. The summed E-state index contributed by atoms with van der Waals surface area (Å²) >= 11 is 0. The molecule has 2 aromatic rings. The van der Waals surface area contributed by atoms with Gasteiger partial charge in [0.1, 0.15) is 11.7 Å². The lowest BCUT2D eigenvalue weighted by atomic mass is 9.79. The van der Waals surface area contributed by atoms with Gasteiger partial charge in [0.25, 0.3) is 0 Å². The second-order valence-electron chi connectivity index (χ2n) is 8.07. The molecule has 2 atom stereocenters. The third-order valence-corrected chi connectivity index (χ3v) is 5.89. The van der Waals surface area contributed by atoms with Crippen molar-refractivity contribution in [2.24, 2.45) is 5.92 Å². The van der Waals surface area contributed by atoms with Gasteiger partial charge in [-0.05, 0) is 69.2 Å². The predicted molar refractivity (Wildman–Crippen MR) is 120 cm³/mol. The number of hydrogen-bond donors (Lipinski definition) is 0. The summed E-state index contributed by atoms with van der Waals surface area (Å²) < 4.78 is 17.1. The minimum absolute atomic E-state index is 0.172. The minimum atomic E-state index is -0.882. The van der Waals surface area contributed by atoms with Gasteiger partial charge in [-0.1, -0.05) is 36.4 Å². The lowest BCUT2D eigenvalue weighted by molar-refractivity contribution is -0.152. The number of Topliss-reactive ketones (excluding diaryl/α,β-unsaturated/α-hetero) is 1. The van der Waals surface area contributed by atoms with Gasteiger partial charge in [-0.2, -0.15) is 0 Å². The third kappa shape index (κ3) is 5.87. The van der Waals surface area contributed by atoms with Gasteiger partial charge in [0.2, 0.25) is 0 Å². The van der Waals surface area contributed by atoms with Crippen LogP contribution in [-0.2, 0) is 20.7 Å². The van der Waals surface area contributed by atoms with Crippen LogP contribution in [0.25, 0.3) is 0 Å². The topological polar surface area (TPSA) is 61.8 Å². The van der Waals surface area contributed by atoms with Gasteiger partial charge in [-0.15, -0.1) is 0 Å². The van der Waals surface area contributed by atoms with Crippen molar-refractivity contribution in [3.8, 4) is 11.5 Å². The molecule has 3 rings (SSSR count). The summed E-state index contributed by atoms with van der Waals surface area (Å²) in [4.78, 5) is 25.4. The molecule has 2 aromatic carbocycles. The maximum Gasteiger partial charge on any atom is 0.317 e. The lowest BCUT2D eigenvalue weighted by Gasteiger charge is -2.26. The third-order valence-electron chi connectivity index (χ3n) is 5.89. The number of rotatable bonds is 10. The second-order valence-corrected chi connectivity index (χ2v) is 8.07. The smallest absolute Gasteiger partial charge is 0.317 e. The van der Waals surface area contributed by atoms with E-state index < -0.39 is 11.9 Å². The second kappa shape index (κ2) is 11.0. The van der Waals surface area contributed by atoms with Crippen LogP contribution in [0.15, 0.2) is 48.5 Å². The number of ether oxygens (including phenoxy) is 3. The van der Waals surface area contributed by atoms with E-state index in [-0.39, 0.29) is 24.4 Å². The van der Waals surface area contributed by atoms with Gasteiger partial charge < -0.3 is 14.2 Å². The largest absolute Gasteiger partial charge is 0.493 e. The normalized spacial score (nSPS) is 15.8. The van der Waals surface area contributed by atoms with Crippen molar-refractivity contribution < 1.29 is 23.8 Å². The fourth-order valence-electron chi connectivity index (χ4n) is 4.34. The zero-order valence-corrected chi connectivity index (χ0v) is 18.6. The van der Waals surface area contributed by atoms with Crippen molar-refractivity contribution in [2.45, 2.75) is 58.0 Å². The number of carbonyl (C=O) groups excluding carboxylic acids is 2. The van der Waals surface area contributed by atoms with Crippen LogP contribution in [0.4, 0.5) is 0 Å². The summed E-state index contributed by atoms with van der Waals surface area (Å²) in [6.07, 6.45) is 5.10. The van der Waals surface area contributed by atoms with E-state index in [2.05, 4.69) is 0 Å². The molecule has 1 aliphatic carbocycles. The number of benzene rings is 2. The van der Waals surface area contributed by atoms with Crippen LogP contribution >= 0.6 is 0 Å². The van der Waals surface area contributed by atoms with E-state index in [4.69, 9.17) is 14.2 Å². The molecule has 166 valence electrons. The molecule has 0 bridgehead atoms. The van der Waals surface area contributed by atoms with Gasteiger partial charge in [0.05, 0.1) is 19.8 Å². The highest BCUT2D eigenvalue weighted by Crippen LogP contribution is 2.38. The molecule has 0 aromatic heterocycles. The van der Waals surface area contributed by atoms with E-state index in [1.54, 1.807) is 14.0 Å². The van der Waals surface area contributed by atoms with Crippen molar-refractivity contribution in [1.29, 1.82) is 0 Å². The van der Waals surface area contributed by atoms with Crippen molar-refractivity contribution in [3.63, 3.8) is 0 Å². The molecule has 5 heteroatoms. The molecule has 0 amide bonds. The summed E-state index contributed by atoms with van der Waals surface area (Å²) in [6.45, 7) is 3.45. The molecule has 1 fully saturated rings. The maximum absolute atomic E-state index is 12.8. The molecule has 0 heterocycles. The van der Waals surface area contributed by atoms with Crippen LogP contribution < -0.4 is 9.47 Å². The average molecular weight is 425 g/mol. The van der Waals surface area contributed by atoms with Crippen LogP contribution in [0.3, 0.4) is 0 Å². The van der Waals surface area contributed by atoms with E-state index >= 15 is 0 Å². The Morgan fingerprint density at radius 3 is 2.35 bits per heavy atom. The van der Waals surface area contributed by atoms with Crippen molar-refractivity contribution >= 4 is 11.8 Å². The first-order valence-corrected chi connectivity index (χ1v) is 11.1. The van der Waals surface area contributed by atoms with Crippen LogP contribution in [-0.4, -0.2) is 31.6 Å². The highest BCUT2D eigenvalue weighted by Gasteiger charge is 2.35. The fraction of sp³-hybridized carbons (Fsp3) is 0.462. The number of esters is 1. The van der Waals surface area contributed by atoms with Gasteiger partial charge >= 0.3 is 5.97 Å². The summed E-state index contributed by atoms with van der Waals surface area (Å²) in [5.74, 6) is -0.608. The standard InChI is InChI=1S/C26H32O5/c1-4-30-26(28)25(18(2)27)22(16-19-10-6-5-7-11-19)20-14-15-23(29-3)24(17-20)31-21-12-8-9-13-21/h5-7,10-11,14-15,17,21-22,25H,4,8-9,12-13,16H2,1-3H3. The van der Waals surface area contributed by atoms with Crippen molar-refractivity contribution in [3.05, 3.63) is 59.7 Å². The van der Waals surface area contributed by atoms with E-state index in [0.717, 1.165) is 24.0 Å². The number of methoxy groups -OCH3 is 1. The molecule has 1 aliphatic rings. The summed E-state index contributed by atoms with van der Waals surface area (Å²) in [5, 5.41) is 0. The van der Waals surface area contributed by atoms with E-state index in [9.17, 15) is 9.59 Å². The van der Waals surface area contributed by atoms with Crippen molar-refractivity contribution in [2.75, 3.05) is 13.7 Å². The number of ketones is 1. The Morgan fingerprint density at radius 1 is 1.03 bits per heavy atom. The quantitative estimate of drug-likeness (QED) is 0.392. The van der Waals surface area contributed by atoms with E-state index in [0.29, 0.717) is 17.9 Å². The Morgan fingerprint density at radius 2 is 1.74 bits per heavy atom. The maximum atomic E-state index is 12.8. The van der Waals surface area contributed by atoms with Crippen LogP contribution in [0, 0.1) is 5.92 Å². The SMILES string of the molecule is CCOC(=O)C(C(C)=O)C(Cc1ccccc1)c1ccc(OC)c(OC2CCCC2)c1. The van der Waals surface area contributed by atoms with E-state index in [1.165, 1.54) is 19.8 Å². The summed E-state index contributed by atoms with van der Waals surface area (Å²) in [7, 11) is 1.62. The van der Waals surface area contributed by atoms with Crippen LogP contribution in [0.1, 0.15) is 56.6 Å². The Kier molecular flexibility index (Phi) is 8.10. The predicted octanol–water partition coefficient (Wildman–Crippen LogP) is 5.11. The first kappa shape index (κ1) is 22.9. The Labute approximate surface area is 184 Å². The molecule has 0 spiro atoms. The fourth-order valence-corrected chi connectivity index (χ4v) is 4.34. The molecule has 0 N–H and O–H groups in total. The van der Waals surface area contributed by atoms with Crippen molar-refractivity contribution in [1.82, 2.24) is 0 Å². The lowest BCUT2D eigenvalue weighted by Crippen LogP contribution is -2.31. The zero-order chi connectivity index (χ0) is 22.2. The number of hydrogen-bond acceptors (Lipinski definition) is 5. The molecular formula is C26H32O5. The molecule has 31 heavy (non-hydrogen) atoms.